The molecule has 0 aliphatic heterocycles. The maximum absolute atomic E-state index is 13.3. The van der Waals surface area contributed by atoms with E-state index in [1.165, 1.54) is 57.5 Å². The molecule has 0 atom stereocenters. The average Bonchev–Trinajstić information content (AvgIpc) is 3.75. The molecule has 0 unspecified atom stereocenters. The Balaban J connectivity index is 1.61. The van der Waals surface area contributed by atoms with E-state index in [4.69, 9.17) is 34.3 Å². The number of nitrogens with one attached hydrogen (secondary N) is 2. The highest BCUT2D eigenvalue weighted by Crippen LogP contribution is 2.36. The molecule has 7 N–H and O–H groups in total. The number of carbonyl (C=O) groups is 4. The number of benzene rings is 1. The normalized spacial score (nSPS) is 10.9. The highest BCUT2D eigenvalue weighted by molar-refractivity contribution is 6.18. The van der Waals surface area contributed by atoms with Gasteiger partial charge in [-0.3, -0.25) is 15.1 Å². The van der Waals surface area contributed by atoms with Gasteiger partial charge in [0.15, 0.2) is 0 Å². The van der Waals surface area contributed by atoms with Crippen molar-refractivity contribution in [3.63, 3.8) is 0 Å². The van der Waals surface area contributed by atoms with E-state index in [2.05, 4.69) is 5.32 Å². The topological polar surface area (TPSA) is 219 Å². The molecule has 3 heterocycles. The number of aryl methyl sites for hydroxylation is 3. The molecule has 3 aromatic heterocycles. The first kappa shape index (κ1) is 39.0. The molecular formula is C33H40Cl2N10O7. The lowest BCUT2D eigenvalue weighted by Crippen LogP contribution is -2.32. The second-order valence-electron chi connectivity index (χ2n) is 11.7. The summed E-state index contributed by atoms with van der Waals surface area (Å²) in [6.45, 7) is 1.21. The number of carboxylic acid groups (broad SMARTS) is 3. The Kier molecular flexibility index (Phi) is 12.7. The fourth-order valence-electron chi connectivity index (χ4n) is 5.66. The van der Waals surface area contributed by atoms with Crippen molar-refractivity contribution in [1.29, 1.82) is 5.41 Å². The van der Waals surface area contributed by atoms with Crippen LogP contribution in [0, 0.1) is 5.41 Å². The van der Waals surface area contributed by atoms with Crippen LogP contribution in [0.3, 0.4) is 0 Å². The number of anilines is 7. The number of amidine groups is 1. The summed E-state index contributed by atoms with van der Waals surface area (Å²) in [6.07, 6.45) is 0.681. The second kappa shape index (κ2) is 16.9. The molecule has 4 aromatic rings. The number of nitrogens with two attached hydrogens (primary N) is 1. The number of aromatic nitrogens is 3. The van der Waals surface area contributed by atoms with Crippen molar-refractivity contribution < 1.29 is 34.5 Å². The molecule has 0 fully saturated rings. The van der Waals surface area contributed by atoms with Gasteiger partial charge in [0, 0.05) is 101 Å². The van der Waals surface area contributed by atoms with E-state index >= 15 is 0 Å². The van der Waals surface area contributed by atoms with Crippen LogP contribution in [0.4, 0.5) is 54.6 Å². The summed E-state index contributed by atoms with van der Waals surface area (Å²) in [7, 11) is 4.66. The number of amides is 4. The zero-order chi connectivity index (χ0) is 38.3. The van der Waals surface area contributed by atoms with Crippen molar-refractivity contribution in [2.75, 3.05) is 56.3 Å². The van der Waals surface area contributed by atoms with E-state index in [0.29, 0.717) is 30.5 Å². The summed E-state index contributed by atoms with van der Waals surface area (Å²) in [5.41, 5.74) is 7.15. The van der Waals surface area contributed by atoms with Crippen LogP contribution in [-0.2, 0) is 21.1 Å². The third-order valence-corrected chi connectivity index (χ3v) is 8.40. The van der Waals surface area contributed by atoms with Crippen molar-refractivity contribution in [3.8, 4) is 0 Å². The van der Waals surface area contributed by atoms with E-state index in [1.807, 2.05) is 17.0 Å². The number of rotatable bonds is 16. The Morgan fingerprint density at radius 1 is 0.731 bits per heavy atom. The fraction of sp³-hybridized carbons (Fsp3) is 0.303. The largest absolute Gasteiger partial charge is 0.465 e. The monoisotopic (exact) mass is 758 g/mol. The zero-order valence-electron chi connectivity index (χ0n) is 28.7. The molecule has 52 heavy (non-hydrogen) atoms. The number of carbonyl (C=O) groups excluding carboxylic acids is 1. The molecule has 0 aliphatic carbocycles. The predicted molar refractivity (Wildman–Crippen MR) is 201 cm³/mol. The Morgan fingerprint density at radius 2 is 1.23 bits per heavy atom. The molecule has 0 saturated heterocycles. The molecule has 0 aliphatic rings. The van der Waals surface area contributed by atoms with E-state index in [-0.39, 0.29) is 59.6 Å². The summed E-state index contributed by atoms with van der Waals surface area (Å²) < 4.78 is 4.32. The number of alkyl halides is 2. The van der Waals surface area contributed by atoms with Crippen LogP contribution in [0.2, 0.25) is 0 Å². The van der Waals surface area contributed by atoms with Crippen molar-refractivity contribution in [2.45, 2.75) is 12.8 Å². The van der Waals surface area contributed by atoms with Gasteiger partial charge in [-0.05, 0) is 36.8 Å². The maximum Gasteiger partial charge on any atom is 0.417 e. The first-order valence-electron chi connectivity index (χ1n) is 15.8. The number of halogens is 2. The summed E-state index contributed by atoms with van der Waals surface area (Å²) in [4.78, 5) is 55.5. The lowest BCUT2D eigenvalue weighted by atomic mass is 10.2. The Labute approximate surface area is 309 Å². The molecule has 4 amide bonds. The molecule has 0 bridgehead atoms. The highest BCUT2D eigenvalue weighted by atomic mass is 35.5. The summed E-state index contributed by atoms with van der Waals surface area (Å²) in [6, 6.07) is 11.3. The van der Waals surface area contributed by atoms with Crippen LogP contribution in [0.15, 0.2) is 61.1 Å². The van der Waals surface area contributed by atoms with Gasteiger partial charge in [-0.15, -0.1) is 23.2 Å². The first-order chi connectivity index (χ1) is 24.7. The fourth-order valence-corrected chi connectivity index (χ4v) is 6.06. The van der Waals surface area contributed by atoms with E-state index in [9.17, 15) is 34.5 Å². The molecule has 278 valence electrons. The maximum atomic E-state index is 13.3. The molecular weight excluding hydrogens is 719 g/mol. The SMILES string of the molecule is Cn1cc(N(C(=O)O)c2cc(N(C(=O)O)c3cc(C(=O)Nc4ccc(N(CCCl)CCCl)cc4)cn3C)cn2C)cc1N(CCCC(=N)N)C(=O)O. The van der Waals surface area contributed by atoms with Gasteiger partial charge in [0.2, 0.25) is 0 Å². The summed E-state index contributed by atoms with van der Waals surface area (Å²) in [5, 5.41) is 40.7. The van der Waals surface area contributed by atoms with Gasteiger partial charge in [-0.2, -0.15) is 0 Å². The van der Waals surface area contributed by atoms with Gasteiger partial charge in [-0.25, -0.2) is 24.2 Å². The van der Waals surface area contributed by atoms with E-state index in [0.717, 1.165) is 20.4 Å². The third kappa shape index (κ3) is 8.91. The van der Waals surface area contributed by atoms with Crippen LogP contribution in [0.5, 0.6) is 0 Å². The Bertz CT molecular complexity index is 1930. The van der Waals surface area contributed by atoms with Crippen LogP contribution < -0.4 is 30.7 Å². The van der Waals surface area contributed by atoms with Crippen molar-refractivity contribution in [3.05, 3.63) is 66.6 Å². The Hall–Kier alpha value is -5.81. The molecule has 1 aromatic carbocycles. The molecule has 0 radical (unpaired) electrons. The summed E-state index contributed by atoms with van der Waals surface area (Å²) >= 11 is 11.8. The summed E-state index contributed by atoms with van der Waals surface area (Å²) in [5.74, 6) is 0.603. The standard InChI is InChI=1S/C33H40Cl2N10O7/c1-39-18-21(30(46)38-22-6-8-23(9-7-22)42(13-10-34)14-11-35)15-28(39)44(32(49)50)25-17-29(41(3)20-25)45(33(51)52)24-16-27(40(2)19-24)43(31(47)48)12-4-5-26(36)37/h6-9,15-20H,4-5,10-14H2,1-3H3,(H3,36,37)(H,38,46)(H,47,48)(H,49,50)(H,51,52). The van der Waals surface area contributed by atoms with E-state index < -0.39 is 24.2 Å². The van der Waals surface area contributed by atoms with Crippen molar-refractivity contribution in [1.82, 2.24) is 13.7 Å². The zero-order valence-corrected chi connectivity index (χ0v) is 30.2. The van der Waals surface area contributed by atoms with Gasteiger partial charge < -0.3 is 45.0 Å². The van der Waals surface area contributed by atoms with Gasteiger partial charge in [0.05, 0.1) is 22.8 Å². The minimum Gasteiger partial charge on any atom is -0.465 e. The van der Waals surface area contributed by atoms with Crippen LogP contribution >= 0.6 is 23.2 Å². The predicted octanol–water partition coefficient (Wildman–Crippen LogP) is 6.07. The third-order valence-electron chi connectivity index (χ3n) is 8.06. The van der Waals surface area contributed by atoms with Crippen molar-refractivity contribution in [2.24, 2.45) is 26.9 Å². The van der Waals surface area contributed by atoms with Crippen LogP contribution in [0.1, 0.15) is 23.2 Å². The van der Waals surface area contributed by atoms with E-state index in [1.54, 1.807) is 26.2 Å². The first-order valence-corrected chi connectivity index (χ1v) is 16.9. The second-order valence-corrected chi connectivity index (χ2v) is 12.5. The lowest BCUT2D eigenvalue weighted by Gasteiger charge is -2.23. The van der Waals surface area contributed by atoms with Crippen LogP contribution in [0.25, 0.3) is 0 Å². The van der Waals surface area contributed by atoms with Gasteiger partial charge in [0.25, 0.3) is 5.91 Å². The highest BCUT2D eigenvalue weighted by Gasteiger charge is 2.29. The molecule has 19 heteroatoms. The smallest absolute Gasteiger partial charge is 0.417 e. The number of hydrogen-bond donors (Lipinski definition) is 6. The average molecular weight is 760 g/mol. The molecule has 0 spiro atoms. The quantitative estimate of drug-likeness (QED) is 0.0443. The lowest BCUT2D eigenvalue weighted by molar-refractivity contribution is 0.102. The minimum absolute atomic E-state index is 0.00684. The molecule has 0 saturated carbocycles. The molecule has 17 nitrogen and oxygen atoms in total. The van der Waals surface area contributed by atoms with Gasteiger partial charge in [0.1, 0.15) is 17.5 Å². The Morgan fingerprint density at radius 3 is 1.73 bits per heavy atom. The molecule has 4 rings (SSSR count). The minimum atomic E-state index is -1.41. The van der Waals surface area contributed by atoms with Gasteiger partial charge >= 0.3 is 18.3 Å². The van der Waals surface area contributed by atoms with Crippen LogP contribution in [-0.4, -0.2) is 90.4 Å². The number of nitrogens with zero attached hydrogens (tertiary/aromatic N) is 7. The van der Waals surface area contributed by atoms with Crippen molar-refractivity contribution >= 4 is 93.4 Å². The van der Waals surface area contributed by atoms with Gasteiger partial charge in [-0.1, -0.05) is 0 Å². The number of hydrogen-bond acceptors (Lipinski definition) is 6.